The van der Waals surface area contributed by atoms with Crippen LogP contribution >= 0.6 is 22.9 Å². The maximum atomic E-state index is 12.4. The van der Waals surface area contributed by atoms with Crippen molar-refractivity contribution in [3.63, 3.8) is 0 Å². The van der Waals surface area contributed by atoms with Gasteiger partial charge < -0.3 is 14.8 Å². The average Bonchev–Trinajstić information content (AvgIpc) is 3.26. The SMILES string of the molecule is CCOC(=O)c1c(NC(=O)COC(=O)c2cc(S(C)(=O)=O)ccc2Cl)sc2c1CCC2. The van der Waals surface area contributed by atoms with Gasteiger partial charge in [-0.3, -0.25) is 4.79 Å². The standard InChI is InChI=1S/C20H20ClNO7S2/c1-3-28-20(25)17-12-5-4-6-15(12)30-18(17)22-16(23)10-29-19(24)13-9-11(31(2,26)27)7-8-14(13)21/h7-9H,3-6,10H2,1-2H3,(H,22,23). The molecule has 3 rings (SSSR count). The van der Waals surface area contributed by atoms with E-state index in [1.807, 2.05) is 0 Å². The number of carbonyl (C=O) groups excluding carboxylic acids is 3. The normalized spacial score (nSPS) is 12.9. The quantitative estimate of drug-likeness (QED) is 0.598. The molecule has 0 unspecified atom stereocenters. The number of rotatable bonds is 7. The number of aryl methyl sites for hydroxylation is 1. The predicted molar refractivity (Wildman–Crippen MR) is 116 cm³/mol. The predicted octanol–water partition coefficient (Wildman–Crippen LogP) is 3.27. The van der Waals surface area contributed by atoms with Crippen molar-refractivity contribution in [2.45, 2.75) is 31.1 Å². The second kappa shape index (κ2) is 9.37. The maximum absolute atomic E-state index is 12.4. The van der Waals surface area contributed by atoms with E-state index in [0.29, 0.717) is 10.6 Å². The Morgan fingerprint density at radius 2 is 1.90 bits per heavy atom. The Morgan fingerprint density at radius 3 is 2.58 bits per heavy atom. The van der Waals surface area contributed by atoms with Crippen LogP contribution in [-0.2, 0) is 36.9 Å². The number of benzene rings is 1. The molecule has 1 aliphatic carbocycles. The summed E-state index contributed by atoms with van der Waals surface area (Å²) in [5, 5.41) is 2.97. The Hall–Kier alpha value is -2.43. The molecule has 0 atom stereocenters. The van der Waals surface area contributed by atoms with Gasteiger partial charge in [-0.1, -0.05) is 11.6 Å². The van der Waals surface area contributed by atoms with Crippen molar-refractivity contribution in [3.05, 3.63) is 44.8 Å². The van der Waals surface area contributed by atoms with Gasteiger partial charge >= 0.3 is 11.9 Å². The van der Waals surface area contributed by atoms with Gasteiger partial charge in [-0.15, -0.1) is 11.3 Å². The Bertz CT molecular complexity index is 1150. The minimum absolute atomic E-state index is 0.00270. The highest BCUT2D eigenvalue weighted by Crippen LogP contribution is 2.39. The third kappa shape index (κ3) is 5.25. The fourth-order valence-corrected chi connectivity index (χ4v) is 5.31. The minimum Gasteiger partial charge on any atom is -0.462 e. The number of hydrogen-bond donors (Lipinski definition) is 1. The van der Waals surface area contributed by atoms with Gasteiger partial charge in [0.15, 0.2) is 16.4 Å². The molecule has 31 heavy (non-hydrogen) atoms. The average molecular weight is 486 g/mol. The van der Waals surface area contributed by atoms with Crippen molar-refractivity contribution >= 4 is 55.6 Å². The maximum Gasteiger partial charge on any atom is 0.341 e. The number of amides is 1. The van der Waals surface area contributed by atoms with E-state index in [9.17, 15) is 22.8 Å². The smallest absolute Gasteiger partial charge is 0.341 e. The molecular weight excluding hydrogens is 466 g/mol. The van der Waals surface area contributed by atoms with Crippen molar-refractivity contribution in [2.75, 3.05) is 24.8 Å². The van der Waals surface area contributed by atoms with Crippen molar-refractivity contribution < 1.29 is 32.3 Å². The number of fused-ring (bicyclic) bond motifs is 1. The second-order valence-corrected chi connectivity index (χ2v) is 10.3. The van der Waals surface area contributed by atoms with Crippen molar-refractivity contribution in [3.8, 4) is 0 Å². The van der Waals surface area contributed by atoms with Gasteiger partial charge in [0.1, 0.15) is 5.00 Å². The lowest BCUT2D eigenvalue weighted by molar-refractivity contribution is -0.119. The number of sulfone groups is 1. The highest BCUT2D eigenvalue weighted by atomic mass is 35.5. The third-order valence-corrected chi connectivity index (χ3v) is 7.22. The molecule has 1 aromatic heterocycles. The zero-order valence-electron chi connectivity index (χ0n) is 16.8. The summed E-state index contributed by atoms with van der Waals surface area (Å²) in [7, 11) is -3.55. The zero-order valence-corrected chi connectivity index (χ0v) is 19.2. The number of carbonyl (C=O) groups is 3. The molecule has 0 radical (unpaired) electrons. The van der Waals surface area contributed by atoms with Crippen LogP contribution in [0.1, 0.15) is 44.5 Å². The first kappa shape index (κ1) is 23.2. The van der Waals surface area contributed by atoms with E-state index in [0.717, 1.165) is 42.0 Å². The lowest BCUT2D eigenvalue weighted by Crippen LogP contribution is -2.22. The Labute approximate surface area is 188 Å². The largest absolute Gasteiger partial charge is 0.462 e. The molecule has 0 aliphatic heterocycles. The van der Waals surface area contributed by atoms with Crippen LogP contribution in [0.25, 0.3) is 0 Å². The van der Waals surface area contributed by atoms with Crippen molar-refractivity contribution in [2.24, 2.45) is 0 Å². The van der Waals surface area contributed by atoms with Crippen LogP contribution in [0.5, 0.6) is 0 Å². The minimum atomic E-state index is -3.55. The zero-order chi connectivity index (χ0) is 22.8. The van der Waals surface area contributed by atoms with Gasteiger partial charge in [-0.2, -0.15) is 0 Å². The summed E-state index contributed by atoms with van der Waals surface area (Å²) in [6.45, 7) is 1.27. The van der Waals surface area contributed by atoms with Crippen LogP contribution < -0.4 is 5.32 Å². The Balaban J connectivity index is 1.70. The number of thiophene rings is 1. The third-order valence-electron chi connectivity index (χ3n) is 4.57. The molecule has 11 heteroatoms. The summed E-state index contributed by atoms with van der Waals surface area (Å²) in [4.78, 5) is 38.0. The number of nitrogens with one attached hydrogen (secondary N) is 1. The summed E-state index contributed by atoms with van der Waals surface area (Å²) in [6.07, 6.45) is 3.50. The van der Waals surface area contributed by atoms with Crippen molar-refractivity contribution in [1.29, 1.82) is 0 Å². The van der Waals surface area contributed by atoms with Gasteiger partial charge in [0.2, 0.25) is 0 Å². The first-order chi connectivity index (χ1) is 14.6. The number of esters is 2. The molecule has 1 aromatic carbocycles. The molecule has 1 aliphatic rings. The molecule has 1 N–H and O–H groups in total. The van der Waals surface area contributed by atoms with Crippen LogP contribution in [-0.4, -0.2) is 45.7 Å². The highest BCUT2D eigenvalue weighted by Gasteiger charge is 2.28. The lowest BCUT2D eigenvalue weighted by Gasteiger charge is -2.09. The molecule has 0 fully saturated rings. The molecule has 8 nitrogen and oxygen atoms in total. The summed E-state index contributed by atoms with van der Waals surface area (Å²) in [5.41, 5.74) is 1.07. The van der Waals surface area contributed by atoms with E-state index >= 15 is 0 Å². The number of anilines is 1. The monoisotopic (exact) mass is 485 g/mol. The molecule has 0 bridgehead atoms. The molecule has 1 heterocycles. The van der Waals surface area contributed by atoms with Gasteiger partial charge in [0.05, 0.1) is 27.7 Å². The van der Waals surface area contributed by atoms with E-state index in [1.165, 1.54) is 23.5 Å². The van der Waals surface area contributed by atoms with E-state index < -0.39 is 34.3 Å². The van der Waals surface area contributed by atoms with Gasteiger partial charge in [0, 0.05) is 11.1 Å². The van der Waals surface area contributed by atoms with E-state index in [2.05, 4.69) is 5.32 Å². The first-order valence-electron chi connectivity index (χ1n) is 9.40. The fraction of sp³-hybridized carbons (Fsp3) is 0.350. The van der Waals surface area contributed by atoms with Gasteiger partial charge in [-0.05, 0) is 49.9 Å². The highest BCUT2D eigenvalue weighted by molar-refractivity contribution is 7.90. The topological polar surface area (TPSA) is 116 Å². The van der Waals surface area contributed by atoms with Crippen LogP contribution in [0.3, 0.4) is 0 Å². The fourth-order valence-electron chi connectivity index (χ4n) is 3.17. The molecule has 0 saturated carbocycles. The number of halogens is 1. The molecular formula is C20H20ClNO7S2. The first-order valence-corrected chi connectivity index (χ1v) is 12.5. The lowest BCUT2D eigenvalue weighted by atomic mass is 10.1. The van der Waals surface area contributed by atoms with E-state index in [4.69, 9.17) is 21.1 Å². The molecule has 166 valence electrons. The second-order valence-electron chi connectivity index (χ2n) is 6.82. The summed E-state index contributed by atoms with van der Waals surface area (Å²) in [6, 6.07) is 3.64. The molecule has 0 spiro atoms. The number of ether oxygens (including phenoxy) is 2. The van der Waals surface area contributed by atoms with Crippen LogP contribution in [0.4, 0.5) is 5.00 Å². The summed E-state index contributed by atoms with van der Waals surface area (Å²) < 4.78 is 33.5. The Kier molecular flexibility index (Phi) is 7.03. The Morgan fingerprint density at radius 1 is 1.16 bits per heavy atom. The van der Waals surface area contributed by atoms with Gasteiger partial charge in [-0.25, -0.2) is 18.0 Å². The van der Waals surface area contributed by atoms with Gasteiger partial charge in [0.25, 0.3) is 5.91 Å². The van der Waals surface area contributed by atoms with Crippen LogP contribution in [0, 0.1) is 0 Å². The van der Waals surface area contributed by atoms with E-state index in [1.54, 1.807) is 6.92 Å². The summed E-state index contributed by atoms with van der Waals surface area (Å²) >= 11 is 7.28. The number of hydrogen-bond acceptors (Lipinski definition) is 8. The molecule has 0 saturated heterocycles. The van der Waals surface area contributed by atoms with E-state index in [-0.39, 0.29) is 22.1 Å². The molecule has 2 aromatic rings. The van der Waals surface area contributed by atoms with Crippen LogP contribution in [0.2, 0.25) is 5.02 Å². The summed E-state index contributed by atoms with van der Waals surface area (Å²) in [5.74, 6) is -2.09. The van der Waals surface area contributed by atoms with Crippen LogP contribution in [0.15, 0.2) is 23.1 Å². The molecule has 1 amide bonds. The van der Waals surface area contributed by atoms with Crippen molar-refractivity contribution in [1.82, 2.24) is 0 Å².